The van der Waals surface area contributed by atoms with Crippen LogP contribution < -0.4 is 5.73 Å². The molecule has 1 saturated heterocycles. The van der Waals surface area contributed by atoms with Gasteiger partial charge in [-0.2, -0.15) is 17.0 Å². The minimum atomic E-state index is -3.37. The molecule has 2 heterocycles. The van der Waals surface area contributed by atoms with E-state index in [9.17, 15) is 8.42 Å². The minimum Gasteiger partial charge on any atom is -0.330 e. The number of thiophene rings is 1. The summed E-state index contributed by atoms with van der Waals surface area (Å²) in [7, 11) is -1.68. The Balaban J connectivity index is 1.98. The first-order valence-corrected chi connectivity index (χ1v) is 9.68. The van der Waals surface area contributed by atoms with Crippen LogP contribution in [0.3, 0.4) is 0 Å². The summed E-state index contributed by atoms with van der Waals surface area (Å²) >= 11 is 1.67. The molecule has 1 fully saturated rings. The van der Waals surface area contributed by atoms with Gasteiger partial charge in [0, 0.05) is 31.1 Å². The summed E-state index contributed by atoms with van der Waals surface area (Å²) in [4.78, 5) is 1.21. The Morgan fingerprint density at radius 3 is 2.67 bits per heavy atom. The Bertz CT molecular complexity index is 522. The minimum absolute atomic E-state index is 0.0409. The van der Waals surface area contributed by atoms with Crippen LogP contribution in [0.1, 0.15) is 24.6 Å². The van der Waals surface area contributed by atoms with Crippen molar-refractivity contribution < 1.29 is 8.42 Å². The maximum atomic E-state index is 12.7. The molecule has 1 aliphatic rings. The second-order valence-corrected chi connectivity index (χ2v) is 8.75. The zero-order valence-corrected chi connectivity index (χ0v) is 14.4. The van der Waals surface area contributed by atoms with Gasteiger partial charge in [-0.3, -0.25) is 0 Å². The Hall–Kier alpha value is -0.470. The van der Waals surface area contributed by atoms with Crippen molar-refractivity contribution in [1.82, 2.24) is 8.61 Å². The summed E-state index contributed by atoms with van der Waals surface area (Å²) in [6.07, 6.45) is 2.48. The zero-order valence-electron chi connectivity index (χ0n) is 12.7. The van der Waals surface area contributed by atoms with Gasteiger partial charge >= 0.3 is 0 Å². The Labute approximate surface area is 131 Å². The molecule has 0 amide bonds. The topological polar surface area (TPSA) is 66.6 Å². The van der Waals surface area contributed by atoms with Crippen LogP contribution in [0, 0.1) is 5.92 Å². The highest BCUT2D eigenvalue weighted by atomic mass is 32.2. The molecule has 2 N–H and O–H groups in total. The molecule has 1 aromatic heterocycles. The zero-order chi connectivity index (χ0) is 15.5. The summed E-state index contributed by atoms with van der Waals surface area (Å²) in [5, 5.41) is 2.02. The first kappa shape index (κ1) is 16.9. The van der Waals surface area contributed by atoms with E-state index in [-0.39, 0.29) is 6.04 Å². The number of piperidine rings is 1. The third kappa shape index (κ3) is 4.04. The molecule has 120 valence electrons. The average Bonchev–Trinajstić information content (AvgIpc) is 2.99. The van der Waals surface area contributed by atoms with Crippen LogP contribution >= 0.6 is 11.3 Å². The summed E-state index contributed by atoms with van der Waals surface area (Å²) < 4.78 is 28.5. The van der Waals surface area contributed by atoms with Crippen LogP contribution in [-0.2, 0) is 16.6 Å². The molecular formula is C14H25N3O2S2. The molecule has 1 unspecified atom stereocenters. The lowest BCUT2D eigenvalue weighted by Crippen LogP contribution is -2.49. The van der Waals surface area contributed by atoms with E-state index >= 15 is 0 Å². The molecule has 0 aromatic carbocycles. The van der Waals surface area contributed by atoms with Crippen LogP contribution in [0.25, 0.3) is 0 Å². The standard InChI is InChI=1S/C14H25N3O2S2/c1-12(10-14-4-3-9-20-14)16(2)21(18,19)17-7-5-13(11-15)6-8-17/h3-4,9,12-13H,5-8,10-11,15H2,1-2H3. The van der Waals surface area contributed by atoms with Crippen molar-refractivity contribution in [3.63, 3.8) is 0 Å². The Morgan fingerprint density at radius 1 is 1.48 bits per heavy atom. The maximum absolute atomic E-state index is 12.7. The largest absolute Gasteiger partial charge is 0.330 e. The van der Waals surface area contributed by atoms with Crippen molar-refractivity contribution in [1.29, 1.82) is 0 Å². The lowest BCUT2D eigenvalue weighted by molar-refractivity contribution is 0.254. The van der Waals surface area contributed by atoms with Gasteiger partial charge in [0.05, 0.1) is 0 Å². The van der Waals surface area contributed by atoms with Gasteiger partial charge in [-0.15, -0.1) is 11.3 Å². The van der Waals surface area contributed by atoms with Gasteiger partial charge in [0.1, 0.15) is 0 Å². The highest BCUT2D eigenvalue weighted by molar-refractivity contribution is 7.86. The Morgan fingerprint density at radius 2 is 2.14 bits per heavy atom. The SMILES string of the molecule is CC(Cc1cccs1)N(C)S(=O)(=O)N1CCC(CN)CC1. The Kier molecular flexibility index (Phi) is 5.79. The molecule has 1 aromatic rings. The van der Waals surface area contributed by atoms with Crippen molar-refractivity contribution in [2.75, 3.05) is 26.7 Å². The molecule has 2 rings (SSSR count). The van der Waals surface area contributed by atoms with E-state index in [1.165, 1.54) is 9.18 Å². The molecule has 1 atom stereocenters. The number of hydrogen-bond donors (Lipinski definition) is 1. The lowest BCUT2D eigenvalue weighted by atomic mass is 9.99. The molecule has 0 bridgehead atoms. The van der Waals surface area contributed by atoms with E-state index < -0.39 is 10.2 Å². The summed E-state index contributed by atoms with van der Waals surface area (Å²) in [5.74, 6) is 0.463. The maximum Gasteiger partial charge on any atom is 0.281 e. The van der Waals surface area contributed by atoms with Crippen molar-refractivity contribution in [2.45, 2.75) is 32.2 Å². The molecule has 0 saturated carbocycles. The molecule has 0 aliphatic carbocycles. The normalized spacial score (nSPS) is 20.0. The molecule has 1 aliphatic heterocycles. The van der Waals surface area contributed by atoms with Crippen molar-refractivity contribution >= 4 is 21.5 Å². The molecular weight excluding hydrogens is 306 g/mol. The highest BCUT2D eigenvalue weighted by Crippen LogP contribution is 2.22. The quantitative estimate of drug-likeness (QED) is 0.859. The van der Waals surface area contributed by atoms with E-state index in [0.717, 1.165) is 19.3 Å². The number of likely N-dealkylation sites (N-methyl/N-ethyl adjacent to an activating group) is 1. The van der Waals surface area contributed by atoms with Crippen LogP contribution in [0.5, 0.6) is 0 Å². The average molecular weight is 332 g/mol. The fraction of sp³-hybridized carbons (Fsp3) is 0.714. The predicted molar refractivity (Wildman–Crippen MR) is 87.5 cm³/mol. The summed E-state index contributed by atoms with van der Waals surface area (Å²) in [5.41, 5.74) is 5.66. The number of nitrogens with two attached hydrogens (primary N) is 1. The van der Waals surface area contributed by atoms with Gasteiger partial charge < -0.3 is 5.73 Å². The smallest absolute Gasteiger partial charge is 0.281 e. The molecule has 0 radical (unpaired) electrons. The summed E-state index contributed by atoms with van der Waals surface area (Å²) in [6, 6.07) is 4.01. The van der Waals surface area contributed by atoms with E-state index in [2.05, 4.69) is 0 Å². The van der Waals surface area contributed by atoms with Crippen molar-refractivity contribution in [3.05, 3.63) is 22.4 Å². The van der Waals surface area contributed by atoms with Gasteiger partial charge in [-0.1, -0.05) is 6.07 Å². The second-order valence-electron chi connectivity index (χ2n) is 5.73. The predicted octanol–water partition coefficient (Wildman–Crippen LogP) is 1.53. The van der Waals surface area contributed by atoms with Crippen LogP contribution in [0.4, 0.5) is 0 Å². The number of hydrogen-bond acceptors (Lipinski definition) is 4. The molecule has 5 nitrogen and oxygen atoms in total. The first-order valence-electron chi connectivity index (χ1n) is 7.40. The van der Waals surface area contributed by atoms with Gasteiger partial charge in [-0.25, -0.2) is 0 Å². The van der Waals surface area contributed by atoms with Gasteiger partial charge in [0.2, 0.25) is 0 Å². The molecule has 7 heteroatoms. The molecule has 0 spiro atoms. The van der Waals surface area contributed by atoms with Crippen molar-refractivity contribution in [3.8, 4) is 0 Å². The highest BCUT2D eigenvalue weighted by Gasteiger charge is 2.32. The van der Waals surface area contributed by atoms with Gasteiger partial charge in [0.15, 0.2) is 0 Å². The fourth-order valence-electron chi connectivity index (χ4n) is 2.63. The number of nitrogens with zero attached hydrogens (tertiary/aromatic N) is 2. The van der Waals surface area contributed by atoms with Crippen molar-refractivity contribution in [2.24, 2.45) is 11.7 Å². The van der Waals surface area contributed by atoms with E-state index in [0.29, 0.717) is 25.6 Å². The fourth-order valence-corrected chi connectivity index (χ4v) is 5.03. The van der Waals surface area contributed by atoms with E-state index in [1.54, 1.807) is 22.7 Å². The second kappa shape index (κ2) is 7.19. The molecule has 21 heavy (non-hydrogen) atoms. The van der Waals surface area contributed by atoms with E-state index in [4.69, 9.17) is 5.73 Å². The monoisotopic (exact) mass is 331 g/mol. The van der Waals surface area contributed by atoms with E-state index in [1.807, 2.05) is 24.4 Å². The number of rotatable bonds is 6. The van der Waals surface area contributed by atoms with Gasteiger partial charge in [0.25, 0.3) is 10.2 Å². The summed E-state index contributed by atoms with van der Waals surface area (Å²) in [6.45, 7) is 3.78. The van der Waals surface area contributed by atoms with Crippen LogP contribution in [-0.4, -0.2) is 49.8 Å². The third-order valence-electron chi connectivity index (χ3n) is 4.29. The van der Waals surface area contributed by atoms with Crippen LogP contribution in [0.15, 0.2) is 17.5 Å². The van der Waals surface area contributed by atoms with Crippen LogP contribution in [0.2, 0.25) is 0 Å². The van der Waals surface area contributed by atoms with Gasteiger partial charge in [-0.05, 0) is 50.1 Å². The first-order chi connectivity index (χ1) is 9.95. The lowest BCUT2D eigenvalue weighted by Gasteiger charge is -2.35. The third-order valence-corrected chi connectivity index (χ3v) is 7.30.